The molecular weight excluding hydrogens is 1070 g/mol. The van der Waals surface area contributed by atoms with E-state index < -0.39 is 0 Å². The Morgan fingerprint density at radius 3 is 1.44 bits per heavy atom. The van der Waals surface area contributed by atoms with Crippen molar-refractivity contribution in [3.63, 3.8) is 0 Å². The fourth-order valence-corrected chi connectivity index (χ4v) is 17.1. The second-order valence-electron chi connectivity index (χ2n) is 26.5. The van der Waals surface area contributed by atoms with Gasteiger partial charge < -0.3 is 0 Å². The highest BCUT2D eigenvalue weighted by Gasteiger charge is 2.53. The van der Waals surface area contributed by atoms with Gasteiger partial charge in [0.25, 0.3) is 28.4 Å². The van der Waals surface area contributed by atoms with E-state index in [-0.39, 0.29) is 59.1 Å². The number of benzene rings is 5. The molecule has 0 spiro atoms. The van der Waals surface area contributed by atoms with E-state index in [0.29, 0.717) is 87.6 Å². The Hall–Kier alpha value is -8.20. The molecule has 0 aliphatic heterocycles. The van der Waals surface area contributed by atoms with Crippen molar-refractivity contribution in [2.45, 2.75) is 153 Å². The maximum atomic E-state index is 11.2. The zero-order valence-corrected chi connectivity index (χ0v) is 50.0. The Morgan fingerprint density at radius 2 is 0.859 bits per heavy atom. The number of nitro benzene ring substituents is 5. The molecule has 0 aromatic heterocycles. The van der Waals surface area contributed by atoms with Gasteiger partial charge in [-0.3, -0.25) is 50.6 Å². The van der Waals surface area contributed by atoms with Gasteiger partial charge in [-0.05, 0) is 89.0 Å². The third-order valence-electron chi connectivity index (χ3n) is 20.9. The van der Waals surface area contributed by atoms with Crippen molar-refractivity contribution < 1.29 is 24.6 Å². The van der Waals surface area contributed by atoms with Crippen LogP contribution in [0.5, 0.6) is 0 Å². The van der Waals surface area contributed by atoms with E-state index in [1.807, 2.05) is 36.4 Å². The molecule has 0 amide bonds. The lowest BCUT2D eigenvalue weighted by atomic mass is 9.73. The van der Waals surface area contributed by atoms with Crippen molar-refractivity contribution in [2.75, 3.05) is 0 Å². The molecule has 15 nitrogen and oxygen atoms in total. The number of hydrogen-bond acceptors (Lipinski definition) is 10. The van der Waals surface area contributed by atoms with Gasteiger partial charge in [0.2, 0.25) is 0 Å². The van der Waals surface area contributed by atoms with Crippen LogP contribution in [-0.4, -0.2) is 24.6 Å². The molecule has 5 aromatic carbocycles. The van der Waals surface area contributed by atoms with Crippen molar-refractivity contribution >= 4 is 28.4 Å². The molecule has 11 atom stereocenters. The van der Waals surface area contributed by atoms with Crippen LogP contribution in [0.3, 0.4) is 0 Å². The minimum absolute atomic E-state index is 0.0337. The van der Waals surface area contributed by atoms with Crippen LogP contribution in [0.25, 0.3) is 0 Å². The topological polar surface area (TPSA) is 216 Å². The smallest absolute Gasteiger partial charge is 0.258 e. The van der Waals surface area contributed by atoms with Crippen molar-refractivity contribution in [3.8, 4) is 0 Å². The van der Waals surface area contributed by atoms with Gasteiger partial charge in [0.05, 0.1) is 24.6 Å². The third kappa shape index (κ3) is 9.47. The number of nitro groups is 5. The first-order valence-electron chi connectivity index (χ1n) is 30.3. The van der Waals surface area contributed by atoms with E-state index in [1.54, 1.807) is 42.5 Å². The summed E-state index contributed by atoms with van der Waals surface area (Å²) in [6, 6.07) is 27.5. The summed E-state index contributed by atoms with van der Waals surface area (Å²) in [5.74, 6) is 5.60. The van der Waals surface area contributed by atoms with E-state index in [1.165, 1.54) is 33.4 Å². The van der Waals surface area contributed by atoms with Crippen molar-refractivity contribution in [1.82, 2.24) is 0 Å². The first-order valence-corrected chi connectivity index (χ1v) is 30.3. The minimum Gasteiger partial charge on any atom is -0.258 e. The largest absolute Gasteiger partial charge is 0.273 e. The number of fused-ring (bicyclic) bond motifs is 25. The minimum atomic E-state index is -0.249. The molecule has 440 valence electrons. The quantitative estimate of drug-likeness (QED) is 0.0732. The molecule has 11 unspecified atom stereocenters. The molecule has 10 aliphatic rings. The normalized spacial score (nSPS) is 27.3. The molecule has 15 heteroatoms. The summed E-state index contributed by atoms with van der Waals surface area (Å²) < 4.78 is 0. The third-order valence-corrected chi connectivity index (χ3v) is 20.9. The zero-order chi connectivity index (χ0) is 60.9. The summed E-state index contributed by atoms with van der Waals surface area (Å²) in [5.41, 5.74) is 15.0. The summed E-state index contributed by atoms with van der Waals surface area (Å²) in [5, 5.41) is 55.5. The molecular formula is C70H75N5O10. The van der Waals surface area contributed by atoms with Crippen LogP contribution in [0.1, 0.15) is 198 Å². The lowest BCUT2D eigenvalue weighted by Crippen LogP contribution is -2.26. The summed E-state index contributed by atoms with van der Waals surface area (Å²) in [4.78, 5) is 54.3. The zero-order valence-electron chi connectivity index (χ0n) is 50.0. The fraction of sp³-hybridized carbons (Fsp3) is 0.429. The summed E-state index contributed by atoms with van der Waals surface area (Å²) in [6.07, 6.45) is 21.8. The summed E-state index contributed by atoms with van der Waals surface area (Å²) >= 11 is 0. The molecule has 15 rings (SSSR count). The maximum absolute atomic E-state index is 11.2. The van der Waals surface area contributed by atoms with Crippen molar-refractivity contribution in [1.29, 1.82) is 0 Å². The van der Waals surface area contributed by atoms with Gasteiger partial charge in [-0.15, -0.1) is 0 Å². The molecule has 85 heavy (non-hydrogen) atoms. The van der Waals surface area contributed by atoms with Gasteiger partial charge in [0.1, 0.15) is 0 Å². The van der Waals surface area contributed by atoms with Crippen LogP contribution in [0.4, 0.5) is 28.4 Å². The van der Waals surface area contributed by atoms with Crippen LogP contribution in [-0.2, 0) is 10.8 Å². The van der Waals surface area contributed by atoms with Crippen molar-refractivity contribution in [3.05, 3.63) is 257 Å². The second kappa shape index (κ2) is 22.0. The van der Waals surface area contributed by atoms with Crippen LogP contribution in [0.2, 0.25) is 0 Å². The molecule has 0 fully saturated rings. The maximum Gasteiger partial charge on any atom is 0.273 e. The monoisotopic (exact) mass is 1150 g/mol. The SMILES string of the molecule is CC(C)C12C=CC(C1)c1c([N+](=O)[O-])cccc12.CC(C)C12C=CC(C1)c1cccc([N+](=O)[O-])c12.CC(C)C1=CC2CC1c1c2cccc1[N+](=O)[O-].CC(C)C1=CC2CC1c1cccc([N+](=O)[O-])c12.CC(C)C1C2C=CC1c1c2cccc1[N+](=O)[O-]. The molecule has 0 heterocycles. The average Bonchev–Trinajstić information content (AvgIpc) is 1.99. The second-order valence-corrected chi connectivity index (χ2v) is 26.5. The van der Waals surface area contributed by atoms with E-state index in [4.69, 9.17) is 0 Å². The van der Waals surface area contributed by atoms with Crippen LogP contribution in [0, 0.1) is 86.1 Å². The Kier molecular flexibility index (Phi) is 15.2. The highest BCUT2D eigenvalue weighted by atomic mass is 16.6. The molecule has 0 saturated heterocycles. The Balaban J connectivity index is 0.000000111. The Bertz CT molecular complexity index is 3740. The van der Waals surface area contributed by atoms with Gasteiger partial charge >= 0.3 is 0 Å². The van der Waals surface area contributed by atoms with Gasteiger partial charge in [0.15, 0.2) is 0 Å². The van der Waals surface area contributed by atoms with Crippen LogP contribution < -0.4 is 0 Å². The molecule has 0 N–H and O–H groups in total. The average molecular weight is 1150 g/mol. The van der Waals surface area contributed by atoms with Gasteiger partial charge in [-0.25, -0.2) is 0 Å². The number of allylic oxidation sites excluding steroid dienone is 10. The van der Waals surface area contributed by atoms with Crippen molar-refractivity contribution in [2.24, 2.45) is 35.5 Å². The molecule has 0 radical (unpaired) electrons. The molecule has 10 aliphatic carbocycles. The van der Waals surface area contributed by atoms with E-state index >= 15 is 0 Å². The van der Waals surface area contributed by atoms with Crippen LogP contribution >= 0.6 is 0 Å². The highest BCUT2D eigenvalue weighted by Crippen LogP contribution is 2.62. The molecule has 10 bridgehead atoms. The lowest BCUT2D eigenvalue weighted by molar-refractivity contribution is -0.386. The van der Waals surface area contributed by atoms with E-state index in [2.05, 4.69) is 130 Å². The predicted octanol–water partition coefficient (Wildman–Crippen LogP) is 18.2. The van der Waals surface area contributed by atoms with Crippen LogP contribution in [0.15, 0.2) is 151 Å². The number of rotatable bonds is 10. The molecule has 5 aromatic rings. The number of hydrogen-bond donors (Lipinski definition) is 0. The summed E-state index contributed by atoms with van der Waals surface area (Å²) in [7, 11) is 0. The highest BCUT2D eigenvalue weighted by molar-refractivity contribution is 5.65. The van der Waals surface area contributed by atoms with Gasteiger partial charge in [-0.1, -0.05) is 190 Å². The number of nitrogens with zero attached hydrogens (tertiary/aromatic N) is 5. The van der Waals surface area contributed by atoms with E-state index in [9.17, 15) is 50.6 Å². The van der Waals surface area contributed by atoms with Gasteiger partial charge in [0, 0.05) is 116 Å². The Morgan fingerprint density at radius 1 is 0.412 bits per heavy atom. The lowest BCUT2D eigenvalue weighted by Gasteiger charge is -2.30. The molecule has 0 saturated carbocycles. The predicted molar refractivity (Wildman–Crippen MR) is 331 cm³/mol. The standard InChI is InChI=1S/5C14H15NO2/c1-8(2)11-6-9-7-12(11)10-4-3-5-13(14(9)10)15(16)17;1-8(2)11-6-9-7-12(11)14-10(9)4-3-5-13(14)15(16)17;1-9(2)14-7-6-10(8-14)13-11(14)4-3-5-12(13)15(16)17;1-9(2)14-7-6-10(8-14)11-4-3-5-12(13(11)14)15(16)17;1-8(2)13-10-6-7-11(13)14-9(10)4-3-5-12(14)15(16)17/h2*3-6,8-9,12H,7H2,1-2H3;2*3-7,9-10H,8H2,1-2H3;3-8,10-11,13H,1-2H3. The first-order chi connectivity index (χ1) is 40.4. The summed E-state index contributed by atoms with van der Waals surface area (Å²) in [6.45, 7) is 21.8. The Labute approximate surface area is 496 Å². The first kappa shape index (κ1) is 58.6. The van der Waals surface area contributed by atoms with Gasteiger partial charge in [-0.2, -0.15) is 0 Å². The fourth-order valence-electron chi connectivity index (χ4n) is 17.1. The van der Waals surface area contributed by atoms with E-state index in [0.717, 1.165) is 59.1 Å².